The molecule has 0 aromatic heterocycles. The van der Waals surface area contributed by atoms with E-state index in [1.54, 1.807) is 17.0 Å². The molecule has 4 rings (SSSR count). The van der Waals surface area contributed by atoms with E-state index >= 15 is 0 Å². The van der Waals surface area contributed by atoms with Gasteiger partial charge in [0.25, 0.3) is 5.91 Å². The van der Waals surface area contributed by atoms with Crippen LogP contribution in [0.4, 0.5) is 10.1 Å². The van der Waals surface area contributed by atoms with Crippen molar-refractivity contribution in [2.45, 2.75) is 12.5 Å². The second kappa shape index (κ2) is 6.73. The number of carbonyl (C=O) groups is 1. The van der Waals surface area contributed by atoms with E-state index in [1.165, 1.54) is 12.1 Å². The van der Waals surface area contributed by atoms with Gasteiger partial charge in [0, 0.05) is 23.4 Å². The highest BCUT2D eigenvalue weighted by Crippen LogP contribution is 2.35. The maximum absolute atomic E-state index is 13.5. The van der Waals surface area contributed by atoms with E-state index in [1.807, 2.05) is 48.5 Å². The fourth-order valence-electron chi connectivity index (χ4n) is 3.39. The minimum absolute atomic E-state index is 0.150. The molecule has 1 heterocycles. The van der Waals surface area contributed by atoms with E-state index in [0.29, 0.717) is 29.8 Å². The molecular weight excluding hydrogens is 329 g/mol. The second-order valence-corrected chi connectivity index (χ2v) is 6.41. The lowest BCUT2D eigenvalue weighted by Crippen LogP contribution is -2.36. The molecule has 1 N–H and O–H groups in total. The number of fused-ring (bicyclic) bond motifs is 1. The van der Waals surface area contributed by atoms with E-state index in [9.17, 15) is 14.3 Å². The Hall–Kier alpha value is -2.98. The average molecular weight is 347 g/mol. The molecule has 0 radical (unpaired) electrons. The molecule has 0 bridgehead atoms. The van der Waals surface area contributed by atoms with Gasteiger partial charge in [0.2, 0.25) is 0 Å². The first kappa shape index (κ1) is 16.5. The normalized spacial score (nSPS) is 16.2. The highest BCUT2D eigenvalue weighted by molar-refractivity contribution is 6.07. The summed E-state index contributed by atoms with van der Waals surface area (Å²) in [7, 11) is 0. The number of benzene rings is 3. The maximum Gasteiger partial charge on any atom is 0.258 e. The summed E-state index contributed by atoms with van der Waals surface area (Å²) in [6.07, 6.45) is -0.360. The molecule has 3 nitrogen and oxygen atoms in total. The summed E-state index contributed by atoms with van der Waals surface area (Å²) >= 11 is 0. The van der Waals surface area contributed by atoms with Gasteiger partial charge < -0.3 is 10.0 Å². The molecule has 0 saturated heterocycles. The second-order valence-electron chi connectivity index (χ2n) is 6.41. The van der Waals surface area contributed by atoms with Crippen LogP contribution >= 0.6 is 0 Å². The Bertz CT molecular complexity index is 955. The third kappa shape index (κ3) is 3.00. The van der Waals surface area contributed by atoms with Crippen molar-refractivity contribution >= 4 is 11.6 Å². The summed E-state index contributed by atoms with van der Waals surface area (Å²) in [5.74, 6) is -0.564. The molecule has 4 heteroatoms. The molecule has 1 aliphatic rings. The van der Waals surface area contributed by atoms with Gasteiger partial charge in [-0.15, -0.1) is 0 Å². The number of aliphatic hydroxyl groups excluding tert-OH is 1. The lowest BCUT2D eigenvalue weighted by atomic mass is 9.97. The Morgan fingerprint density at radius 3 is 2.54 bits per heavy atom. The van der Waals surface area contributed by atoms with Crippen molar-refractivity contribution < 1.29 is 14.3 Å². The van der Waals surface area contributed by atoms with Crippen molar-refractivity contribution in [2.24, 2.45) is 0 Å². The Labute approximate surface area is 151 Å². The zero-order valence-electron chi connectivity index (χ0n) is 14.1. The minimum atomic E-state index is -0.750. The van der Waals surface area contributed by atoms with Crippen LogP contribution in [0.25, 0.3) is 11.1 Å². The van der Waals surface area contributed by atoms with Crippen LogP contribution in [-0.4, -0.2) is 17.6 Å². The first-order chi connectivity index (χ1) is 12.6. The molecule has 0 aliphatic carbocycles. The summed E-state index contributed by atoms with van der Waals surface area (Å²) in [4.78, 5) is 14.7. The maximum atomic E-state index is 13.5. The fourth-order valence-corrected chi connectivity index (χ4v) is 3.39. The molecule has 0 spiro atoms. The van der Waals surface area contributed by atoms with Crippen molar-refractivity contribution in [3.63, 3.8) is 0 Å². The highest BCUT2D eigenvalue weighted by Gasteiger charge is 2.28. The highest BCUT2D eigenvalue weighted by atomic mass is 19.1. The summed E-state index contributed by atoms with van der Waals surface area (Å²) in [6.45, 7) is 0.397. The van der Waals surface area contributed by atoms with E-state index in [-0.39, 0.29) is 5.91 Å². The number of anilines is 1. The van der Waals surface area contributed by atoms with Gasteiger partial charge >= 0.3 is 0 Å². The van der Waals surface area contributed by atoms with Gasteiger partial charge in [-0.2, -0.15) is 0 Å². The molecule has 3 aromatic rings. The quantitative estimate of drug-likeness (QED) is 0.737. The van der Waals surface area contributed by atoms with E-state index in [2.05, 4.69) is 0 Å². The van der Waals surface area contributed by atoms with Crippen LogP contribution in [0.1, 0.15) is 28.4 Å². The van der Waals surface area contributed by atoms with Gasteiger partial charge in [0.15, 0.2) is 0 Å². The largest absolute Gasteiger partial charge is 0.388 e. The molecule has 26 heavy (non-hydrogen) atoms. The van der Waals surface area contributed by atoms with Gasteiger partial charge in [-0.25, -0.2) is 4.39 Å². The number of nitrogens with zero attached hydrogens (tertiary/aromatic N) is 1. The molecular formula is C22H18FNO2. The summed E-state index contributed by atoms with van der Waals surface area (Å²) < 4.78 is 13.5. The summed E-state index contributed by atoms with van der Waals surface area (Å²) in [5, 5.41) is 10.1. The van der Waals surface area contributed by atoms with Gasteiger partial charge in [0.05, 0.1) is 6.10 Å². The Morgan fingerprint density at radius 2 is 1.73 bits per heavy atom. The third-order valence-corrected chi connectivity index (χ3v) is 4.73. The van der Waals surface area contributed by atoms with E-state index in [0.717, 1.165) is 11.1 Å². The molecule has 130 valence electrons. The zero-order valence-corrected chi connectivity index (χ0v) is 14.1. The van der Waals surface area contributed by atoms with Crippen LogP contribution < -0.4 is 4.90 Å². The number of amides is 1. The van der Waals surface area contributed by atoms with E-state index in [4.69, 9.17) is 0 Å². The van der Waals surface area contributed by atoms with Crippen LogP contribution in [0, 0.1) is 5.82 Å². The van der Waals surface area contributed by atoms with Crippen LogP contribution in [0.5, 0.6) is 0 Å². The number of carbonyl (C=O) groups excluding carboxylic acids is 1. The Morgan fingerprint density at radius 1 is 0.962 bits per heavy atom. The lowest BCUT2D eigenvalue weighted by Gasteiger charge is -2.32. The van der Waals surface area contributed by atoms with Crippen molar-refractivity contribution in [2.75, 3.05) is 11.4 Å². The molecule has 1 aliphatic heterocycles. The molecule has 0 saturated carbocycles. The van der Waals surface area contributed by atoms with Crippen LogP contribution in [0.3, 0.4) is 0 Å². The third-order valence-electron chi connectivity index (χ3n) is 4.73. The topological polar surface area (TPSA) is 40.5 Å². The van der Waals surface area contributed by atoms with Crippen molar-refractivity contribution in [1.29, 1.82) is 0 Å². The predicted octanol–water partition coefficient (Wildman–Crippen LogP) is 4.58. The first-order valence-corrected chi connectivity index (χ1v) is 8.58. The van der Waals surface area contributed by atoms with Crippen LogP contribution in [-0.2, 0) is 0 Å². The number of halogens is 1. The molecule has 3 aromatic carbocycles. The number of hydrogen-bond donors (Lipinski definition) is 1. The average Bonchev–Trinajstić information content (AvgIpc) is 2.69. The molecule has 1 atom stereocenters. The SMILES string of the molecule is O=C(c1cccc(-c2ccccc2)c1)N1CCC(O)c2cc(F)ccc21. The number of hydrogen-bond acceptors (Lipinski definition) is 2. The van der Waals surface area contributed by atoms with Gasteiger partial charge in [-0.3, -0.25) is 4.79 Å². The minimum Gasteiger partial charge on any atom is -0.388 e. The monoisotopic (exact) mass is 347 g/mol. The first-order valence-electron chi connectivity index (χ1n) is 8.58. The van der Waals surface area contributed by atoms with Crippen molar-refractivity contribution in [3.05, 3.63) is 89.7 Å². The fraction of sp³-hybridized carbons (Fsp3) is 0.136. The zero-order chi connectivity index (χ0) is 18.1. The number of aliphatic hydroxyl groups is 1. The summed E-state index contributed by atoms with van der Waals surface area (Å²) in [5.41, 5.74) is 3.61. The molecule has 1 amide bonds. The molecule has 0 fully saturated rings. The van der Waals surface area contributed by atoms with Gasteiger partial charge in [0.1, 0.15) is 5.82 Å². The Balaban J connectivity index is 1.70. The van der Waals surface area contributed by atoms with Crippen molar-refractivity contribution in [3.8, 4) is 11.1 Å². The summed E-state index contributed by atoms with van der Waals surface area (Å²) in [6, 6.07) is 21.5. The van der Waals surface area contributed by atoms with Crippen LogP contribution in [0.15, 0.2) is 72.8 Å². The predicted molar refractivity (Wildman–Crippen MR) is 99.5 cm³/mol. The van der Waals surface area contributed by atoms with Gasteiger partial charge in [-0.05, 0) is 47.9 Å². The van der Waals surface area contributed by atoms with E-state index < -0.39 is 11.9 Å². The Kier molecular flexibility index (Phi) is 4.27. The number of rotatable bonds is 2. The van der Waals surface area contributed by atoms with Crippen molar-refractivity contribution in [1.82, 2.24) is 0 Å². The van der Waals surface area contributed by atoms with Crippen LogP contribution in [0.2, 0.25) is 0 Å². The smallest absolute Gasteiger partial charge is 0.258 e. The molecule has 1 unspecified atom stereocenters. The standard InChI is InChI=1S/C22H18FNO2/c23-18-9-10-20-19(14-18)21(25)11-12-24(20)22(26)17-8-4-7-16(13-17)15-5-2-1-3-6-15/h1-10,13-14,21,25H,11-12H2. The lowest BCUT2D eigenvalue weighted by molar-refractivity contribution is 0.0970. The van der Waals surface area contributed by atoms with Gasteiger partial charge in [-0.1, -0.05) is 42.5 Å².